The molecule has 0 aliphatic carbocycles. The molecule has 0 saturated heterocycles. The number of pyridine rings is 1. The third kappa shape index (κ3) is 3.25. The van der Waals surface area contributed by atoms with Crippen molar-refractivity contribution >= 4 is 33.0 Å². The minimum absolute atomic E-state index is 0.202. The molecular weight excluding hydrogens is 286 g/mol. The molecule has 82 valence electrons. The molecule has 2 aromatic rings. The van der Waals surface area contributed by atoms with E-state index in [9.17, 15) is 4.79 Å². The van der Waals surface area contributed by atoms with Gasteiger partial charge < -0.3 is 0 Å². The van der Waals surface area contributed by atoms with Gasteiger partial charge in [0.05, 0.1) is 0 Å². The Hall–Kier alpha value is -1.000. The molecule has 4 heteroatoms. The third-order valence-electron chi connectivity index (χ3n) is 2.10. The van der Waals surface area contributed by atoms with Crippen LogP contribution >= 0.6 is 27.3 Å². The summed E-state index contributed by atoms with van der Waals surface area (Å²) in [5.41, 5.74) is 0.836. The van der Waals surface area contributed by atoms with Gasteiger partial charge in [0.2, 0.25) is 0 Å². The predicted molar refractivity (Wildman–Crippen MR) is 68.7 cm³/mol. The Morgan fingerprint density at radius 3 is 2.88 bits per heavy atom. The molecule has 0 amide bonds. The molecule has 0 spiro atoms. The second-order valence-electron chi connectivity index (χ2n) is 3.44. The van der Waals surface area contributed by atoms with Crippen molar-refractivity contribution in [3.8, 4) is 0 Å². The molecular formula is C12H10BrNOS. The van der Waals surface area contributed by atoms with E-state index in [2.05, 4.69) is 20.9 Å². The lowest BCUT2D eigenvalue weighted by molar-refractivity contribution is -0.117. The van der Waals surface area contributed by atoms with Crippen LogP contribution in [0.25, 0.3) is 0 Å². The van der Waals surface area contributed by atoms with E-state index in [4.69, 9.17) is 0 Å². The molecule has 16 heavy (non-hydrogen) atoms. The van der Waals surface area contributed by atoms with E-state index in [1.165, 1.54) is 0 Å². The summed E-state index contributed by atoms with van der Waals surface area (Å²) in [6.07, 6.45) is 2.62. The summed E-state index contributed by atoms with van der Waals surface area (Å²) in [6.45, 7) is 0. The number of halogens is 1. The second kappa shape index (κ2) is 5.37. The molecule has 0 bridgehead atoms. The minimum atomic E-state index is 0.202. The molecule has 0 radical (unpaired) electrons. The Morgan fingerprint density at radius 2 is 2.25 bits per heavy atom. The highest BCUT2D eigenvalue weighted by molar-refractivity contribution is 9.10. The van der Waals surface area contributed by atoms with Crippen molar-refractivity contribution in [2.24, 2.45) is 0 Å². The first kappa shape index (κ1) is 11.5. The van der Waals surface area contributed by atoms with Crippen LogP contribution in [0.15, 0.2) is 40.3 Å². The number of carbonyl (C=O) groups excluding carboxylic acids is 1. The molecule has 0 atom stereocenters. The van der Waals surface area contributed by atoms with Crippen LogP contribution in [0, 0.1) is 0 Å². The van der Waals surface area contributed by atoms with Crippen molar-refractivity contribution in [1.29, 1.82) is 0 Å². The van der Waals surface area contributed by atoms with Crippen LogP contribution < -0.4 is 0 Å². The summed E-state index contributed by atoms with van der Waals surface area (Å²) in [7, 11) is 0. The van der Waals surface area contributed by atoms with Crippen LogP contribution in [0.2, 0.25) is 0 Å². The summed E-state index contributed by atoms with van der Waals surface area (Å²) >= 11 is 4.98. The molecule has 2 heterocycles. The summed E-state index contributed by atoms with van der Waals surface area (Å²) in [4.78, 5) is 17.0. The van der Waals surface area contributed by atoms with Gasteiger partial charge in [0.1, 0.15) is 5.78 Å². The number of nitrogens with zero attached hydrogens (tertiary/aromatic N) is 1. The first-order chi connectivity index (χ1) is 7.74. The topological polar surface area (TPSA) is 30.0 Å². The zero-order valence-electron chi connectivity index (χ0n) is 8.52. The Balaban J connectivity index is 1.95. The van der Waals surface area contributed by atoms with Crippen molar-refractivity contribution in [3.63, 3.8) is 0 Å². The number of thiophene rings is 1. The summed E-state index contributed by atoms with van der Waals surface area (Å²) in [6, 6.07) is 7.62. The fraction of sp³-hybridized carbons (Fsp3) is 0.167. The number of carbonyl (C=O) groups is 1. The number of hydrogen-bond donors (Lipinski definition) is 0. The van der Waals surface area contributed by atoms with Gasteiger partial charge in [0.25, 0.3) is 0 Å². The average molecular weight is 296 g/mol. The lowest BCUT2D eigenvalue weighted by atomic mass is 10.1. The smallest absolute Gasteiger partial charge is 0.144 e. The molecule has 0 aliphatic heterocycles. The number of Topliss-reactive ketones (excluding diaryl/α,β-unsaturated/α-hetero) is 1. The van der Waals surface area contributed by atoms with Crippen molar-refractivity contribution in [1.82, 2.24) is 4.98 Å². The van der Waals surface area contributed by atoms with E-state index in [1.54, 1.807) is 17.5 Å². The SMILES string of the molecule is O=C(Cc1ccccn1)Cc1cc(Br)cs1. The van der Waals surface area contributed by atoms with Gasteiger partial charge in [-0.15, -0.1) is 11.3 Å². The second-order valence-corrected chi connectivity index (χ2v) is 5.36. The quantitative estimate of drug-likeness (QED) is 0.867. The maximum Gasteiger partial charge on any atom is 0.144 e. The van der Waals surface area contributed by atoms with Gasteiger partial charge in [-0.2, -0.15) is 0 Å². The highest BCUT2D eigenvalue weighted by Crippen LogP contribution is 2.20. The maximum absolute atomic E-state index is 11.7. The third-order valence-corrected chi connectivity index (χ3v) is 3.80. The molecule has 2 rings (SSSR count). The first-order valence-electron chi connectivity index (χ1n) is 4.88. The van der Waals surface area contributed by atoms with Crippen LogP contribution in [0.4, 0.5) is 0 Å². The van der Waals surface area contributed by atoms with E-state index in [-0.39, 0.29) is 5.78 Å². The van der Waals surface area contributed by atoms with Crippen LogP contribution in [-0.2, 0) is 17.6 Å². The normalized spacial score (nSPS) is 10.3. The standard InChI is InChI=1S/C12H10BrNOS/c13-9-5-12(16-8-9)7-11(15)6-10-3-1-2-4-14-10/h1-5,8H,6-7H2. The van der Waals surface area contributed by atoms with Gasteiger partial charge in [-0.3, -0.25) is 9.78 Å². The number of aromatic nitrogens is 1. The van der Waals surface area contributed by atoms with Crippen molar-refractivity contribution in [2.45, 2.75) is 12.8 Å². The molecule has 0 saturated carbocycles. The first-order valence-corrected chi connectivity index (χ1v) is 6.56. The zero-order valence-corrected chi connectivity index (χ0v) is 10.9. The van der Waals surface area contributed by atoms with Gasteiger partial charge in [-0.25, -0.2) is 0 Å². The lowest BCUT2D eigenvalue weighted by Crippen LogP contribution is -2.06. The summed E-state index contributed by atoms with van der Waals surface area (Å²) in [5.74, 6) is 0.202. The lowest BCUT2D eigenvalue weighted by Gasteiger charge is -1.98. The van der Waals surface area contributed by atoms with Gasteiger partial charge in [-0.05, 0) is 34.1 Å². The Labute approximate surface area is 106 Å². The van der Waals surface area contributed by atoms with E-state index in [0.717, 1.165) is 15.0 Å². The number of hydrogen-bond acceptors (Lipinski definition) is 3. The van der Waals surface area contributed by atoms with E-state index in [0.29, 0.717) is 12.8 Å². The van der Waals surface area contributed by atoms with Crippen LogP contribution in [-0.4, -0.2) is 10.8 Å². The molecule has 0 unspecified atom stereocenters. The maximum atomic E-state index is 11.7. The van der Waals surface area contributed by atoms with Crippen LogP contribution in [0.3, 0.4) is 0 Å². The molecule has 0 fully saturated rings. The highest BCUT2D eigenvalue weighted by atomic mass is 79.9. The van der Waals surface area contributed by atoms with Gasteiger partial charge in [0, 0.05) is 39.5 Å². The Bertz CT molecular complexity index is 481. The fourth-order valence-corrected chi connectivity index (χ4v) is 2.89. The largest absolute Gasteiger partial charge is 0.299 e. The average Bonchev–Trinajstić information content (AvgIpc) is 2.65. The van der Waals surface area contributed by atoms with Crippen molar-refractivity contribution in [3.05, 3.63) is 50.9 Å². The summed E-state index contributed by atoms with van der Waals surface area (Å²) in [5, 5.41) is 1.99. The summed E-state index contributed by atoms with van der Waals surface area (Å²) < 4.78 is 1.04. The van der Waals surface area contributed by atoms with Crippen molar-refractivity contribution in [2.75, 3.05) is 0 Å². The zero-order chi connectivity index (χ0) is 11.4. The molecule has 2 aromatic heterocycles. The fourth-order valence-electron chi connectivity index (χ4n) is 1.41. The molecule has 0 N–H and O–H groups in total. The van der Waals surface area contributed by atoms with Crippen molar-refractivity contribution < 1.29 is 4.79 Å². The van der Waals surface area contributed by atoms with E-state index >= 15 is 0 Å². The number of ketones is 1. The van der Waals surface area contributed by atoms with Gasteiger partial charge >= 0.3 is 0 Å². The monoisotopic (exact) mass is 295 g/mol. The van der Waals surface area contributed by atoms with E-state index < -0.39 is 0 Å². The van der Waals surface area contributed by atoms with Gasteiger partial charge in [0.15, 0.2) is 0 Å². The number of rotatable bonds is 4. The molecule has 0 aliphatic rings. The van der Waals surface area contributed by atoms with Crippen LogP contribution in [0.1, 0.15) is 10.6 Å². The highest BCUT2D eigenvalue weighted by Gasteiger charge is 2.07. The molecule has 0 aromatic carbocycles. The predicted octanol–water partition coefficient (Wildman–Crippen LogP) is 3.26. The Morgan fingerprint density at radius 1 is 1.38 bits per heavy atom. The van der Waals surface area contributed by atoms with Gasteiger partial charge in [-0.1, -0.05) is 6.07 Å². The Kier molecular flexibility index (Phi) is 3.85. The van der Waals surface area contributed by atoms with E-state index in [1.807, 2.05) is 29.6 Å². The minimum Gasteiger partial charge on any atom is -0.299 e. The van der Waals surface area contributed by atoms with Crippen LogP contribution in [0.5, 0.6) is 0 Å². The molecule has 2 nitrogen and oxygen atoms in total.